The first-order chi connectivity index (χ1) is 10.1. The van der Waals surface area contributed by atoms with Gasteiger partial charge in [-0.1, -0.05) is 12.1 Å². The minimum atomic E-state index is -3.17. The number of aromatic nitrogens is 2. The van der Waals surface area contributed by atoms with Gasteiger partial charge in [0, 0.05) is 19.0 Å². The first-order valence-corrected chi connectivity index (χ1v) is 8.52. The molecule has 3 heterocycles. The zero-order chi connectivity index (χ0) is 14.7. The molecule has 110 valence electrons. The van der Waals surface area contributed by atoms with Gasteiger partial charge in [0.05, 0.1) is 29.0 Å². The fraction of sp³-hybridized carbons (Fsp3) is 0.333. The summed E-state index contributed by atoms with van der Waals surface area (Å²) in [6, 6.07) is 9.20. The van der Waals surface area contributed by atoms with Gasteiger partial charge < -0.3 is 4.74 Å². The topological polar surface area (TPSA) is 69.2 Å². The molecule has 0 bridgehead atoms. The number of rotatable bonds is 4. The fourth-order valence-electron chi connectivity index (χ4n) is 2.32. The van der Waals surface area contributed by atoms with Gasteiger partial charge in [-0.25, -0.2) is 8.42 Å². The predicted molar refractivity (Wildman–Crippen MR) is 79.3 cm³/mol. The average molecular weight is 304 g/mol. The number of sulfone groups is 1. The third-order valence-corrected chi connectivity index (χ3v) is 5.64. The Balaban J connectivity index is 1.76. The van der Waals surface area contributed by atoms with Crippen LogP contribution < -0.4 is 0 Å². The van der Waals surface area contributed by atoms with E-state index in [9.17, 15) is 8.42 Å². The Morgan fingerprint density at radius 2 is 2.00 bits per heavy atom. The highest BCUT2D eigenvalue weighted by Crippen LogP contribution is 2.20. The lowest BCUT2D eigenvalue weighted by Crippen LogP contribution is -2.23. The van der Waals surface area contributed by atoms with Crippen LogP contribution in [-0.2, 0) is 20.3 Å². The third kappa shape index (κ3) is 3.28. The monoisotopic (exact) mass is 304 g/mol. The maximum atomic E-state index is 12.2. The van der Waals surface area contributed by atoms with Crippen molar-refractivity contribution in [3.63, 3.8) is 0 Å². The third-order valence-electron chi connectivity index (χ3n) is 3.52. The van der Waals surface area contributed by atoms with Crippen LogP contribution in [0.3, 0.4) is 0 Å². The molecule has 0 spiro atoms. The molecule has 1 saturated heterocycles. The second-order valence-corrected chi connectivity index (χ2v) is 7.34. The Morgan fingerprint density at radius 1 is 1.14 bits per heavy atom. The minimum Gasteiger partial charge on any atom is -0.380 e. The molecule has 5 nitrogen and oxygen atoms in total. The van der Waals surface area contributed by atoms with Gasteiger partial charge in [-0.15, -0.1) is 0 Å². The molecular formula is C15H16N2O3S. The highest BCUT2D eigenvalue weighted by atomic mass is 32.2. The second-order valence-electron chi connectivity index (χ2n) is 5.06. The number of pyridine rings is 2. The highest BCUT2D eigenvalue weighted by Gasteiger charge is 2.29. The van der Waals surface area contributed by atoms with E-state index in [1.54, 1.807) is 24.5 Å². The number of nitrogens with zero attached hydrogens (tertiary/aromatic N) is 2. The summed E-state index contributed by atoms with van der Waals surface area (Å²) in [5, 5.41) is -0.382. The molecule has 1 aliphatic heterocycles. The predicted octanol–water partition coefficient (Wildman–Crippen LogP) is 1.85. The lowest BCUT2D eigenvalue weighted by Gasteiger charge is -2.09. The number of ether oxygens (including phenoxy) is 1. The molecule has 0 amide bonds. The van der Waals surface area contributed by atoms with Gasteiger partial charge in [-0.2, -0.15) is 0 Å². The van der Waals surface area contributed by atoms with Crippen molar-refractivity contribution >= 4 is 9.84 Å². The second kappa shape index (κ2) is 5.91. The Morgan fingerprint density at radius 3 is 2.62 bits per heavy atom. The number of hydrogen-bond donors (Lipinski definition) is 0. The molecular weight excluding hydrogens is 288 g/mol. The summed E-state index contributed by atoms with van der Waals surface area (Å²) < 4.78 is 29.6. The Bertz CT molecular complexity index is 693. The fourth-order valence-corrected chi connectivity index (χ4v) is 3.95. The van der Waals surface area contributed by atoms with Crippen molar-refractivity contribution in [2.45, 2.75) is 17.4 Å². The van der Waals surface area contributed by atoms with Crippen molar-refractivity contribution in [2.24, 2.45) is 0 Å². The van der Waals surface area contributed by atoms with Crippen LogP contribution in [0, 0.1) is 0 Å². The molecule has 1 atom stereocenters. The van der Waals surface area contributed by atoms with E-state index in [1.165, 1.54) is 0 Å². The molecule has 21 heavy (non-hydrogen) atoms. The van der Waals surface area contributed by atoms with Gasteiger partial charge in [0.1, 0.15) is 0 Å². The van der Waals surface area contributed by atoms with Gasteiger partial charge >= 0.3 is 0 Å². The molecule has 1 fully saturated rings. The van der Waals surface area contributed by atoms with Crippen LogP contribution in [0.25, 0.3) is 11.4 Å². The number of hydrogen-bond acceptors (Lipinski definition) is 5. The highest BCUT2D eigenvalue weighted by molar-refractivity contribution is 7.91. The molecule has 6 heteroatoms. The van der Waals surface area contributed by atoms with Gasteiger partial charge in [-0.3, -0.25) is 9.97 Å². The van der Waals surface area contributed by atoms with E-state index in [0.29, 0.717) is 25.2 Å². The molecule has 0 aromatic carbocycles. The summed E-state index contributed by atoms with van der Waals surface area (Å²) in [6.45, 7) is 0.836. The van der Waals surface area contributed by atoms with Gasteiger partial charge in [0.15, 0.2) is 9.84 Å². The Hall–Kier alpha value is -1.79. The normalized spacial score (nSPS) is 18.8. The molecule has 2 aromatic heterocycles. The molecule has 3 rings (SSSR count). The molecule has 0 aliphatic carbocycles. The van der Waals surface area contributed by atoms with E-state index < -0.39 is 9.84 Å². The van der Waals surface area contributed by atoms with Crippen molar-refractivity contribution in [1.29, 1.82) is 0 Å². The zero-order valence-corrected chi connectivity index (χ0v) is 12.3. The van der Waals surface area contributed by atoms with Crippen LogP contribution in [0.1, 0.15) is 12.0 Å². The van der Waals surface area contributed by atoms with Crippen molar-refractivity contribution in [3.05, 3.63) is 48.3 Å². The van der Waals surface area contributed by atoms with E-state index in [1.807, 2.05) is 18.2 Å². The van der Waals surface area contributed by atoms with Gasteiger partial charge in [-0.05, 0) is 30.2 Å². The lowest BCUT2D eigenvalue weighted by molar-refractivity contribution is 0.198. The summed E-state index contributed by atoms with van der Waals surface area (Å²) >= 11 is 0. The van der Waals surface area contributed by atoms with Crippen LogP contribution in [0.4, 0.5) is 0 Å². The Labute approximate surface area is 123 Å². The standard InChI is InChI=1S/C15H16N2O3S/c18-21(19,13-6-8-20-10-13)11-12-4-5-15(17-9-12)14-3-1-2-7-16-14/h1-5,7,9,13H,6,8,10-11H2. The van der Waals surface area contributed by atoms with Gasteiger partial charge in [0.2, 0.25) is 0 Å². The first-order valence-electron chi connectivity index (χ1n) is 6.81. The largest absolute Gasteiger partial charge is 0.380 e. The first kappa shape index (κ1) is 14.2. The summed E-state index contributed by atoms with van der Waals surface area (Å²) in [5.74, 6) is 0.0104. The van der Waals surface area contributed by atoms with E-state index >= 15 is 0 Å². The Kier molecular flexibility index (Phi) is 3.98. The summed E-state index contributed by atoms with van der Waals surface area (Å²) in [4.78, 5) is 8.52. The van der Waals surface area contributed by atoms with Crippen LogP contribution >= 0.6 is 0 Å². The molecule has 0 saturated carbocycles. The summed E-state index contributed by atoms with van der Waals surface area (Å²) in [5.41, 5.74) is 2.21. The van der Waals surface area contributed by atoms with E-state index in [4.69, 9.17) is 4.74 Å². The molecule has 0 N–H and O–H groups in total. The van der Waals surface area contributed by atoms with E-state index in [2.05, 4.69) is 9.97 Å². The SMILES string of the molecule is O=S(=O)(Cc1ccc(-c2ccccn2)nc1)C1CCOC1. The minimum absolute atomic E-state index is 0.0104. The van der Waals surface area contributed by atoms with Crippen molar-refractivity contribution in [2.75, 3.05) is 13.2 Å². The maximum absolute atomic E-state index is 12.2. The maximum Gasteiger partial charge on any atom is 0.159 e. The summed E-state index contributed by atoms with van der Waals surface area (Å²) in [6.07, 6.45) is 3.90. The zero-order valence-electron chi connectivity index (χ0n) is 11.5. The van der Waals surface area contributed by atoms with E-state index in [-0.39, 0.29) is 11.0 Å². The van der Waals surface area contributed by atoms with Crippen LogP contribution in [-0.4, -0.2) is 36.8 Å². The molecule has 1 aliphatic rings. The van der Waals surface area contributed by atoms with Crippen LogP contribution in [0.15, 0.2) is 42.7 Å². The lowest BCUT2D eigenvalue weighted by atomic mass is 10.2. The molecule has 2 aromatic rings. The van der Waals surface area contributed by atoms with Crippen molar-refractivity contribution in [1.82, 2.24) is 9.97 Å². The summed E-state index contributed by atoms with van der Waals surface area (Å²) in [7, 11) is -3.17. The molecule has 0 radical (unpaired) electrons. The van der Waals surface area contributed by atoms with Crippen LogP contribution in [0.5, 0.6) is 0 Å². The van der Waals surface area contributed by atoms with Crippen molar-refractivity contribution < 1.29 is 13.2 Å². The van der Waals surface area contributed by atoms with Crippen LogP contribution in [0.2, 0.25) is 0 Å². The molecule has 1 unspecified atom stereocenters. The van der Waals surface area contributed by atoms with E-state index in [0.717, 1.165) is 11.4 Å². The average Bonchev–Trinajstić information content (AvgIpc) is 3.04. The van der Waals surface area contributed by atoms with Crippen molar-refractivity contribution in [3.8, 4) is 11.4 Å². The van der Waals surface area contributed by atoms with Gasteiger partial charge in [0.25, 0.3) is 0 Å². The smallest absolute Gasteiger partial charge is 0.159 e. The quantitative estimate of drug-likeness (QED) is 0.862.